The largest absolute Gasteiger partial charge is 0.340 e. The summed E-state index contributed by atoms with van der Waals surface area (Å²) < 4.78 is 57.1. The second-order valence-electron chi connectivity index (χ2n) is 9.33. The second-order valence-corrected chi connectivity index (χ2v) is 9.33. The Morgan fingerprint density at radius 3 is 2.51 bits per heavy atom. The number of amides is 1. The Bertz CT molecular complexity index is 1520. The number of halogens is 4. The van der Waals surface area contributed by atoms with Crippen LogP contribution in [0.2, 0.25) is 0 Å². The number of nitrogens with two attached hydrogens (primary N) is 1. The average Bonchev–Trinajstić information content (AvgIpc) is 3.29. The summed E-state index contributed by atoms with van der Waals surface area (Å²) >= 11 is 0. The van der Waals surface area contributed by atoms with Crippen LogP contribution in [0.1, 0.15) is 17.0 Å². The van der Waals surface area contributed by atoms with Crippen molar-refractivity contribution in [3.05, 3.63) is 101 Å². The van der Waals surface area contributed by atoms with E-state index in [0.29, 0.717) is 36.0 Å². The van der Waals surface area contributed by atoms with E-state index in [-0.39, 0.29) is 18.7 Å². The summed E-state index contributed by atoms with van der Waals surface area (Å²) in [6.45, 7) is 2.60. The zero-order chi connectivity index (χ0) is 27.7. The van der Waals surface area contributed by atoms with Crippen molar-refractivity contribution in [3.63, 3.8) is 0 Å². The summed E-state index contributed by atoms with van der Waals surface area (Å²) in [5.41, 5.74) is 8.73. The smallest absolute Gasteiger partial charge is 0.254 e. The van der Waals surface area contributed by atoms with Crippen molar-refractivity contribution in [2.45, 2.75) is 32.7 Å². The number of nitrogens with one attached hydrogen (secondary N) is 2. The first-order valence-electron chi connectivity index (χ1n) is 12.3. The van der Waals surface area contributed by atoms with Crippen LogP contribution in [0.5, 0.6) is 0 Å². The fraction of sp³-hybridized carbons (Fsp3) is 0.214. The van der Waals surface area contributed by atoms with Gasteiger partial charge in [-0.3, -0.25) is 10.1 Å². The highest BCUT2D eigenvalue weighted by Gasteiger charge is 2.29. The number of carbonyl (C=O) groups excluding carboxylic acids is 1. The predicted octanol–water partition coefficient (Wildman–Crippen LogP) is 4.58. The van der Waals surface area contributed by atoms with Crippen LogP contribution in [-0.4, -0.2) is 33.1 Å². The third kappa shape index (κ3) is 5.50. The van der Waals surface area contributed by atoms with Crippen LogP contribution in [-0.2, 0) is 24.4 Å². The molecule has 1 atom stereocenters. The number of benzene rings is 3. The Hall–Kier alpha value is -4.22. The van der Waals surface area contributed by atoms with Crippen molar-refractivity contribution >= 4 is 17.4 Å². The van der Waals surface area contributed by atoms with Gasteiger partial charge in [0.2, 0.25) is 0 Å². The van der Waals surface area contributed by atoms with Crippen molar-refractivity contribution in [2.75, 3.05) is 11.9 Å². The Morgan fingerprint density at radius 1 is 1.00 bits per heavy atom. The van der Waals surface area contributed by atoms with Crippen LogP contribution >= 0.6 is 0 Å². The van der Waals surface area contributed by atoms with Crippen LogP contribution in [0, 0.1) is 30.2 Å². The zero-order valence-corrected chi connectivity index (χ0v) is 21.0. The van der Waals surface area contributed by atoms with E-state index in [4.69, 9.17) is 5.73 Å². The molecule has 3 aromatic carbocycles. The molecule has 7 nitrogen and oxygen atoms in total. The van der Waals surface area contributed by atoms with E-state index in [1.807, 2.05) is 35.8 Å². The fourth-order valence-corrected chi connectivity index (χ4v) is 4.45. The summed E-state index contributed by atoms with van der Waals surface area (Å²) in [5, 5.41) is 6.08. The standard InChI is InChI=1S/C28H26F4N6O/c1-16-5-8-19(9-6-16)35-27-25(17-7-10-20(29)22(31)13-17)36-23-15-37(11-12-38(23)27)28(39)26(33)34-14-18-3-2-4-21(30)24(18)32/h2-10,13,26,34-35H,11-12,14-15,33H2,1H3/t26-/m0/s1. The number of aryl methyl sites for hydroxylation is 1. The molecule has 0 bridgehead atoms. The lowest BCUT2D eigenvalue weighted by molar-refractivity contribution is -0.135. The molecule has 0 aliphatic carbocycles. The molecular weight excluding hydrogens is 512 g/mol. The number of hydrogen-bond donors (Lipinski definition) is 3. The summed E-state index contributed by atoms with van der Waals surface area (Å²) in [5.74, 6) is -3.28. The number of imidazole rings is 1. The molecule has 39 heavy (non-hydrogen) atoms. The molecule has 0 unspecified atom stereocenters. The molecule has 4 N–H and O–H groups in total. The molecule has 1 aliphatic rings. The maximum absolute atomic E-state index is 14.1. The van der Waals surface area contributed by atoms with Gasteiger partial charge in [0, 0.05) is 36.4 Å². The Balaban J connectivity index is 1.38. The number of anilines is 2. The van der Waals surface area contributed by atoms with Crippen LogP contribution in [0.15, 0.2) is 60.7 Å². The monoisotopic (exact) mass is 538 g/mol. The van der Waals surface area contributed by atoms with Crippen LogP contribution in [0.3, 0.4) is 0 Å². The van der Waals surface area contributed by atoms with Gasteiger partial charge in [0.15, 0.2) is 23.3 Å². The molecule has 0 spiro atoms. The van der Waals surface area contributed by atoms with E-state index < -0.39 is 35.3 Å². The summed E-state index contributed by atoms with van der Waals surface area (Å²) in [7, 11) is 0. The highest BCUT2D eigenvalue weighted by atomic mass is 19.2. The molecule has 0 saturated heterocycles. The molecule has 4 aromatic rings. The summed E-state index contributed by atoms with van der Waals surface area (Å²) in [6.07, 6.45) is -1.16. The highest BCUT2D eigenvalue weighted by molar-refractivity contribution is 5.82. The SMILES string of the molecule is Cc1ccc(Nc2c(-c3ccc(F)c(F)c3)nc3n2CCN(C(=O)[C@@H](N)NCc2cccc(F)c2F)C3)cc1. The van der Waals surface area contributed by atoms with E-state index >= 15 is 0 Å². The van der Waals surface area contributed by atoms with Crippen LogP contribution < -0.4 is 16.4 Å². The first-order chi connectivity index (χ1) is 18.7. The van der Waals surface area contributed by atoms with E-state index in [9.17, 15) is 22.4 Å². The molecule has 0 fully saturated rings. The lowest BCUT2D eigenvalue weighted by Gasteiger charge is -2.30. The number of carbonyl (C=O) groups is 1. The minimum Gasteiger partial charge on any atom is -0.340 e. The number of fused-ring (bicyclic) bond motifs is 1. The molecule has 202 valence electrons. The van der Waals surface area contributed by atoms with E-state index in [2.05, 4.69) is 15.6 Å². The molecule has 5 rings (SSSR count). The van der Waals surface area contributed by atoms with E-state index in [1.165, 1.54) is 23.1 Å². The van der Waals surface area contributed by atoms with Crippen LogP contribution in [0.25, 0.3) is 11.3 Å². The molecule has 0 radical (unpaired) electrons. The van der Waals surface area contributed by atoms with Gasteiger partial charge in [-0.2, -0.15) is 0 Å². The molecule has 2 heterocycles. The second kappa shape index (κ2) is 10.9. The maximum atomic E-state index is 14.1. The number of rotatable bonds is 7. The van der Waals surface area contributed by atoms with Crippen molar-refractivity contribution in [3.8, 4) is 11.3 Å². The normalized spacial score (nSPS) is 13.7. The number of aromatic nitrogens is 2. The molecule has 11 heteroatoms. The minimum absolute atomic E-state index is 0.0513. The van der Waals surface area contributed by atoms with Gasteiger partial charge in [-0.25, -0.2) is 22.5 Å². The van der Waals surface area contributed by atoms with Crippen molar-refractivity contribution in [1.29, 1.82) is 0 Å². The van der Waals surface area contributed by atoms with Gasteiger partial charge in [0.25, 0.3) is 5.91 Å². The topological polar surface area (TPSA) is 88.2 Å². The van der Waals surface area contributed by atoms with Gasteiger partial charge in [0.05, 0.1) is 6.54 Å². The zero-order valence-electron chi connectivity index (χ0n) is 21.0. The van der Waals surface area contributed by atoms with Crippen molar-refractivity contribution in [1.82, 2.24) is 19.8 Å². The predicted molar refractivity (Wildman–Crippen MR) is 139 cm³/mol. The number of nitrogens with zero attached hydrogens (tertiary/aromatic N) is 3. The molecule has 1 aliphatic heterocycles. The third-order valence-electron chi connectivity index (χ3n) is 6.60. The number of hydrogen-bond acceptors (Lipinski definition) is 5. The van der Waals surface area contributed by atoms with E-state index in [1.54, 1.807) is 0 Å². The van der Waals surface area contributed by atoms with Crippen molar-refractivity contribution in [2.24, 2.45) is 5.73 Å². The average molecular weight is 539 g/mol. The van der Waals surface area contributed by atoms with Gasteiger partial charge >= 0.3 is 0 Å². The molecule has 0 saturated carbocycles. The quantitative estimate of drug-likeness (QED) is 0.237. The third-order valence-corrected chi connectivity index (χ3v) is 6.60. The van der Waals surface area contributed by atoms with Gasteiger partial charge in [-0.1, -0.05) is 29.8 Å². The summed E-state index contributed by atoms with van der Waals surface area (Å²) in [6, 6.07) is 15.0. The summed E-state index contributed by atoms with van der Waals surface area (Å²) in [4.78, 5) is 19.3. The first kappa shape index (κ1) is 26.4. The maximum Gasteiger partial charge on any atom is 0.254 e. The van der Waals surface area contributed by atoms with Crippen molar-refractivity contribution < 1.29 is 22.4 Å². The fourth-order valence-electron chi connectivity index (χ4n) is 4.45. The molecular formula is C28H26F4N6O. The lowest BCUT2D eigenvalue weighted by atomic mass is 10.1. The Morgan fingerprint density at radius 2 is 1.77 bits per heavy atom. The van der Waals surface area contributed by atoms with Gasteiger partial charge < -0.3 is 20.5 Å². The van der Waals surface area contributed by atoms with Gasteiger partial charge in [-0.05, 0) is 43.3 Å². The molecule has 1 amide bonds. The van der Waals surface area contributed by atoms with Gasteiger partial charge in [-0.15, -0.1) is 0 Å². The van der Waals surface area contributed by atoms with Crippen LogP contribution in [0.4, 0.5) is 29.1 Å². The minimum atomic E-state index is -1.16. The van der Waals surface area contributed by atoms with E-state index in [0.717, 1.165) is 29.4 Å². The lowest BCUT2D eigenvalue weighted by Crippen LogP contribution is -2.53. The Labute approximate surface area is 222 Å². The molecule has 1 aromatic heterocycles. The Kier molecular flexibility index (Phi) is 7.36. The first-order valence-corrected chi connectivity index (χ1v) is 12.3. The highest BCUT2D eigenvalue weighted by Crippen LogP contribution is 2.34. The van der Waals surface area contributed by atoms with Gasteiger partial charge in [0.1, 0.15) is 23.5 Å².